The van der Waals surface area contributed by atoms with Gasteiger partial charge in [0.25, 0.3) is 5.91 Å². The highest BCUT2D eigenvalue weighted by Crippen LogP contribution is 2.31. The van der Waals surface area contributed by atoms with Crippen molar-refractivity contribution in [2.75, 3.05) is 6.61 Å². The predicted molar refractivity (Wildman–Crippen MR) is 133 cm³/mol. The molecule has 1 aliphatic carbocycles. The topological polar surface area (TPSA) is 84.8 Å². The van der Waals surface area contributed by atoms with Gasteiger partial charge in [-0.2, -0.15) is 0 Å². The van der Waals surface area contributed by atoms with Gasteiger partial charge in [0.15, 0.2) is 0 Å². The summed E-state index contributed by atoms with van der Waals surface area (Å²) in [6, 6.07) is 12.8. The molecule has 1 aliphatic heterocycles. The molecule has 7 nitrogen and oxygen atoms in total. The maximum Gasteiger partial charge on any atom is 0.270 e. The molecule has 8 heteroatoms. The van der Waals surface area contributed by atoms with Crippen molar-refractivity contribution in [3.05, 3.63) is 82.8 Å². The number of imidazole rings is 1. The van der Waals surface area contributed by atoms with Crippen molar-refractivity contribution in [2.45, 2.75) is 51.0 Å². The third kappa shape index (κ3) is 4.62. The smallest absolute Gasteiger partial charge is 0.270 e. The van der Waals surface area contributed by atoms with Gasteiger partial charge >= 0.3 is 0 Å². The highest BCUT2D eigenvalue weighted by Gasteiger charge is 2.31. The normalized spacial score (nSPS) is 17.4. The zero-order chi connectivity index (χ0) is 24.6. The molecule has 1 fully saturated rings. The first-order valence-corrected chi connectivity index (χ1v) is 12.2. The summed E-state index contributed by atoms with van der Waals surface area (Å²) in [5.74, 6) is 5.74. The van der Waals surface area contributed by atoms with Gasteiger partial charge in [0.2, 0.25) is 0 Å². The molecule has 1 amide bonds. The second-order valence-corrected chi connectivity index (χ2v) is 9.44. The van der Waals surface area contributed by atoms with E-state index < -0.39 is 12.2 Å². The van der Waals surface area contributed by atoms with Gasteiger partial charge in [-0.15, -0.1) is 0 Å². The van der Waals surface area contributed by atoms with Crippen molar-refractivity contribution in [3.8, 4) is 11.8 Å². The standard InChI is InChI=1S/C28H26FN5O2/c1-17-11-18(5-4-10-36-21-8-9-21)12-24(31-17)28(35)33-26(23-13-19-6-2-3-7-22(19)32-23)27-25-14-20(29)15-34(25)16-30-27/h2-3,6-7,11-13,16,20-21,26,32H,8-10,14-15H2,1H3,(H,33,35)/t20-,26?/m1/s1. The highest BCUT2D eigenvalue weighted by atomic mass is 19.1. The summed E-state index contributed by atoms with van der Waals surface area (Å²) >= 11 is 0. The number of hydrogen-bond acceptors (Lipinski definition) is 4. The lowest BCUT2D eigenvalue weighted by atomic mass is 10.1. The van der Waals surface area contributed by atoms with Crippen LogP contribution in [-0.2, 0) is 17.7 Å². The van der Waals surface area contributed by atoms with E-state index in [1.807, 2.05) is 47.9 Å². The van der Waals surface area contributed by atoms with E-state index >= 15 is 0 Å². The number of para-hydroxylation sites is 1. The van der Waals surface area contributed by atoms with E-state index in [1.54, 1.807) is 12.4 Å². The van der Waals surface area contributed by atoms with Crippen LogP contribution < -0.4 is 5.32 Å². The van der Waals surface area contributed by atoms with Gasteiger partial charge in [-0.3, -0.25) is 4.79 Å². The molecule has 0 spiro atoms. The maximum absolute atomic E-state index is 14.2. The SMILES string of the molecule is Cc1cc(C#CCOC2CC2)cc(C(=O)NC(c2cc3ccccc3[nH]2)c2ncn3c2C[C@@H](F)C3)n1. The lowest BCUT2D eigenvalue weighted by molar-refractivity contribution is 0.0936. The van der Waals surface area contributed by atoms with Crippen LogP contribution in [0.2, 0.25) is 0 Å². The second-order valence-electron chi connectivity index (χ2n) is 9.44. The number of pyridine rings is 1. The minimum absolute atomic E-state index is 0.266. The Morgan fingerprint density at radius 3 is 3.00 bits per heavy atom. The molecule has 0 saturated heterocycles. The highest BCUT2D eigenvalue weighted by molar-refractivity contribution is 5.93. The number of hydrogen-bond donors (Lipinski definition) is 2. The fourth-order valence-electron chi connectivity index (χ4n) is 4.67. The number of carbonyl (C=O) groups excluding carboxylic acids is 1. The summed E-state index contributed by atoms with van der Waals surface area (Å²) in [4.78, 5) is 25.9. The molecule has 182 valence electrons. The van der Waals surface area contributed by atoms with E-state index in [9.17, 15) is 9.18 Å². The van der Waals surface area contributed by atoms with Crippen LogP contribution in [0.25, 0.3) is 10.9 Å². The van der Waals surface area contributed by atoms with Crippen molar-refractivity contribution >= 4 is 16.8 Å². The molecule has 4 aromatic rings. The summed E-state index contributed by atoms with van der Waals surface area (Å²) in [7, 11) is 0. The maximum atomic E-state index is 14.2. The molecule has 2 N–H and O–H groups in total. The summed E-state index contributed by atoms with van der Waals surface area (Å²) in [5.41, 5.74) is 4.83. The number of nitrogens with one attached hydrogen (secondary N) is 2. The van der Waals surface area contributed by atoms with Crippen LogP contribution in [0, 0.1) is 18.8 Å². The molecule has 4 heterocycles. The van der Waals surface area contributed by atoms with Crippen molar-refractivity contribution in [2.24, 2.45) is 0 Å². The molecule has 1 unspecified atom stereocenters. The Hall–Kier alpha value is -3.96. The Morgan fingerprint density at radius 2 is 2.17 bits per heavy atom. The van der Waals surface area contributed by atoms with E-state index in [0.29, 0.717) is 29.7 Å². The van der Waals surface area contributed by atoms with Gasteiger partial charge in [0.1, 0.15) is 24.5 Å². The number of amides is 1. The molecule has 1 aromatic carbocycles. The van der Waals surface area contributed by atoms with Crippen LogP contribution in [0.15, 0.2) is 48.8 Å². The number of nitrogens with zero attached hydrogens (tertiary/aromatic N) is 3. The van der Waals surface area contributed by atoms with E-state index in [1.165, 1.54) is 0 Å². The molecule has 0 radical (unpaired) electrons. The van der Waals surface area contributed by atoms with Gasteiger partial charge in [-0.1, -0.05) is 30.0 Å². The quantitative estimate of drug-likeness (QED) is 0.406. The summed E-state index contributed by atoms with van der Waals surface area (Å²) in [5, 5.41) is 4.12. The zero-order valence-electron chi connectivity index (χ0n) is 19.9. The largest absolute Gasteiger partial charge is 0.366 e. The molecule has 0 bridgehead atoms. The Labute approximate surface area is 208 Å². The van der Waals surface area contributed by atoms with Crippen LogP contribution >= 0.6 is 0 Å². The van der Waals surface area contributed by atoms with Gasteiger partial charge in [-0.05, 0) is 49.4 Å². The first kappa shape index (κ1) is 22.5. The number of fused-ring (bicyclic) bond motifs is 2. The number of rotatable bonds is 6. The number of aromatic amines is 1. The van der Waals surface area contributed by atoms with Gasteiger partial charge < -0.3 is 19.6 Å². The molecule has 1 saturated carbocycles. The lowest BCUT2D eigenvalue weighted by Crippen LogP contribution is -2.31. The van der Waals surface area contributed by atoms with E-state index in [4.69, 9.17) is 4.74 Å². The monoisotopic (exact) mass is 483 g/mol. The Balaban J connectivity index is 1.31. The molecule has 3 aromatic heterocycles. The minimum Gasteiger partial charge on any atom is -0.366 e. The van der Waals surface area contributed by atoms with Crippen molar-refractivity contribution < 1.29 is 13.9 Å². The molecular weight excluding hydrogens is 457 g/mol. The van der Waals surface area contributed by atoms with Crippen LogP contribution in [-0.4, -0.2) is 44.3 Å². The number of alkyl halides is 1. The third-order valence-corrected chi connectivity index (χ3v) is 6.53. The molecule has 6 rings (SSSR count). The van der Waals surface area contributed by atoms with Gasteiger partial charge in [0.05, 0.1) is 24.7 Å². The van der Waals surface area contributed by atoms with Gasteiger partial charge in [-0.25, -0.2) is 14.4 Å². The summed E-state index contributed by atoms with van der Waals surface area (Å²) in [6.45, 7) is 2.49. The average molecular weight is 484 g/mol. The molecule has 2 atom stereocenters. The first-order valence-electron chi connectivity index (χ1n) is 12.2. The number of H-pyrrole nitrogens is 1. The van der Waals surface area contributed by atoms with Crippen molar-refractivity contribution in [1.29, 1.82) is 0 Å². The fraction of sp³-hybridized carbons (Fsp3) is 0.321. The van der Waals surface area contributed by atoms with Crippen LogP contribution in [0.5, 0.6) is 0 Å². The van der Waals surface area contributed by atoms with E-state index in [0.717, 1.165) is 35.1 Å². The number of benzene rings is 1. The fourth-order valence-corrected chi connectivity index (χ4v) is 4.67. The van der Waals surface area contributed by atoms with Crippen molar-refractivity contribution in [3.63, 3.8) is 0 Å². The number of aryl methyl sites for hydroxylation is 1. The van der Waals surface area contributed by atoms with Crippen LogP contribution in [0.4, 0.5) is 4.39 Å². The second kappa shape index (κ2) is 9.25. The number of carbonyl (C=O) groups is 1. The Bertz CT molecular complexity index is 1470. The zero-order valence-corrected chi connectivity index (χ0v) is 19.9. The first-order chi connectivity index (χ1) is 17.5. The molecular formula is C28H26FN5O2. The van der Waals surface area contributed by atoms with Crippen LogP contribution in [0.1, 0.15) is 57.7 Å². The summed E-state index contributed by atoms with van der Waals surface area (Å²) < 4.78 is 21.6. The lowest BCUT2D eigenvalue weighted by Gasteiger charge is -2.17. The van der Waals surface area contributed by atoms with Gasteiger partial charge in [0, 0.05) is 34.6 Å². The number of halogens is 1. The predicted octanol–water partition coefficient (Wildman–Crippen LogP) is 4.01. The third-order valence-electron chi connectivity index (χ3n) is 6.53. The van der Waals surface area contributed by atoms with E-state index in [-0.39, 0.29) is 24.6 Å². The number of ether oxygens (including phenoxy) is 1. The Morgan fingerprint density at radius 1 is 1.31 bits per heavy atom. The number of aromatic nitrogens is 4. The van der Waals surface area contributed by atoms with Crippen LogP contribution in [0.3, 0.4) is 0 Å². The molecule has 36 heavy (non-hydrogen) atoms. The average Bonchev–Trinajstić information content (AvgIpc) is 3.28. The molecule has 2 aliphatic rings. The minimum atomic E-state index is -0.954. The Kier molecular flexibility index (Phi) is 5.78. The van der Waals surface area contributed by atoms with E-state index in [2.05, 4.69) is 32.1 Å². The van der Waals surface area contributed by atoms with Crippen molar-refractivity contribution in [1.82, 2.24) is 24.8 Å². The summed E-state index contributed by atoms with van der Waals surface area (Å²) in [6.07, 6.45) is 3.51.